The number of anilines is 2. The Bertz CT molecular complexity index is 4760. The summed E-state index contributed by atoms with van der Waals surface area (Å²) < 4.78 is 103. The van der Waals surface area contributed by atoms with Crippen molar-refractivity contribution < 1.29 is 89.0 Å². The summed E-state index contributed by atoms with van der Waals surface area (Å²) >= 11 is 6.78. The normalized spacial score (nSPS) is 21.0. The van der Waals surface area contributed by atoms with Crippen molar-refractivity contribution in [3.63, 3.8) is 0 Å². The maximum atomic E-state index is 13.4. The molecule has 0 spiro atoms. The summed E-state index contributed by atoms with van der Waals surface area (Å²) in [6.45, 7) is 29.2. The minimum Gasteiger partial charge on any atom is -0.508 e. The molecule has 0 radical (unpaired) electrons. The molecule has 106 heavy (non-hydrogen) atoms. The molecule has 13 rings (SSSR count). The number of hydrogen-bond donors (Lipinski definition) is 1. The molecule has 8 atom stereocenters. The molecule has 0 bridgehead atoms. The molecule has 32 heteroatoms. The topological polar surface area (TPSA) is 327 Å². The number of phenolic OH excluding ortho intramolecular Hbond substituents is 1. The van der Waals surface area contributed by atoms with E-state index in [1.165, 1.54) is 24.8 Å². The summed E-state index contributed by atoms with van der Waals surface area (Å²) in [6, 6.07) is 24.4. The Kier molecular flexibility index (Phi) is 23.1. The highest BCUT2D eigenvalue weighted by Gasteiger charge is 2.58. The summed E-state index contributed by atoms with van der Waals surface area (Å²) in [7, 11) is -4.08. The number of imide groups is 2. The van der Waals surface area contributed by atoms with Crippen LogP contribution in [0.1, 0.15) is 136 Å². The molecule has 4 amide bonds. The van der Waals surface area contributed by atoms with Crippen LogP contribution in [0, 0.1) is 6.92 Å². The van der Waals surface area contributed by atoms with Crippen LogP contribution in [0.5, 0.6) is 11.5 Å². The second kappa shape index (κ2) is 30.6. The van der Waals surface area contributed by atoms with Gasteiger partial charge in [-0.25, -0.2) is 39.1 Å². The van der Waals surface area contributed by atoms with E-state index in [9.17, 15) is 27.6 Å². The predicted octanol–water partition coefficient (Wildman–Crippen LogP) is 15.5. The van der Waals surface area contributed by atoms with Gasteiger partial charge >= 0.3 is 24.4 Å². The Labute approximate surface area is 630 Å². The number of hydrogen-bond acceptors (Lipinski definition) is 25. The molecule has 0 saturated carbocycles. The van der Waals surface area contributed by atoms with Gasteiger partial charge < -0.3 is 66.3 Å². The summed E-state index contributed by atoms with van der Waals surface area (Å²) in [4.78, 5) is 81.1. The molecule has 0 unspecified atom stereocenters. The summed E-state index contributed by atoms with van der Waals surface area (Å²) in [5.74, 6) is -1.04. The lowest BCUT2D eigenvalue weighted by Crippen LogP contribution is -2.44. The highest BCUT2D eigenvalue weighted by molar-refractivity contribution is 9.10. The first kappa shape index (κ1) is 80.0. The first-order valence-corrected chi connectivity index (χ1v) is 36.5. The molecular weight excluding hydrogens is 1520 g/mol. The van der Waals surface area contributed by atoms with E-state index in [0.717, 1.165) is 46.1 Å². The maximum absolute atomic E-state index is 13.4. The van der Waals surface area contributed by atoms with Gasteiger partial charge in [0.1, 0.15) is 101 Å². The number of phenols is 1. The Balaban J connectivity index is 0.000000194. The summed E-state index contributed by atoms with van der Waals surface area (Å²) in [5.41, 5.74) is -0.384. The van der Waals surface area contributed by atoms with Crippen molar-refractivity contribution in [3.05, 3.63) is 137 Å². The van der Waals surface area contributed by atoms with E-state index in [0.29, 0.717) is 27.8 Å². The molecule has 29 nitrogen and oxygen atoms in total. The van der Waals surface area contributed by atoms with Crippen LogP contribution < -0.4 is 14.5 Å². The van der Waals surface area contributed by atoms with E-state index >= 15 is 0 Å². The zero-order valence-corrected chi connectivity index (χ0v) is 65.0. The van der Waals surface area contributed by atoms with E-state index in [1.807, 2.05) is 57.2 Å². The minimum atomic E-state index is -4.08. The zero-order chi connectivity index (χ0) is 76.3. The molecule has 4 saturated heterocycles. The lowest BCUT2D eigenvalue weighted by Gasteiger charge is -2.28. The van der Waals surface area contributed by atoms with Crippen molar-refractivity contribution in [2.24, 2.45) is 0 Å². The molecule has 0 aliphatic carbocycles. The van der Waals surface area contributed by atoms with Crippen LogP contribution in [-0.2, 0) is 61.7 Å². The Morgan fingerprint density at radius 1 is 0.528 bits per heavy atom. The number of ether oxygens (including phenoxy) is 11. The number of carbonyl (C=O) groups excluding carboxylic acids is 4. The molecule has 4 fully saturated rings. The zero-order valence-electron chi connectivity index (χ0n) is 61.0. The number of carbonyl (C=O) groups is 4. The largest absolute Gasteiger partial charge is 0.508 e. The predicted molar refractivity (Wildman–Crippen MR) is 398 cm³/mol. The number of pyridine rings is 2. The van der Waals surface area contributed by atoms with E-state index in [-0.39, 0.29) is 42.9 Å². The van der Waals surface area contributed by atoms with Gasteiger partial charge in [0.25, 0.3) is 10.1 Å². The average molecular weight is 1610 g/mol. The second-order valence-corrected chi connectivity index (χ2v) is 33.5. The van der Waals surface area contributed by atoms with E-state index in [1.54, 1.807) is 167 Å². The number of aromatic hydroxyl groups is 1. The van der Waals surface area contributed by atoms with Gasteiger partial charge in [0, 0.05) is 56.6 Å². The van der Waals surface area contributed by atoms with Crippen LogP contribution in [-0.4, -0.2) is 161 Å². The van der Waals surface area contributed by atoms with Crippen LogP contribution in [0.4, 0.5) is 30.8 Å². The van der Waals surface area contributed by atoms with Crippen molar-refractivity contribution in [1.29, 1.82) is 0 Å². The first-order chi connectivity index (χ1) is 49.0. The molecule has 3 aromatic carbocycles. The molecule has 6 aromatic heterocycles. The lowest BCUT2D eigenvalue weighted by molar-refractivity contribution is -0.199. The van der Waals surface area contributed by atoms with Gasteiger partial charge in [-0.05, 0) is 210 Å². The second-order valence-electron chi connectivity index (χ2n) is 30.1. The van der Waals surface area contributed by atoms with E-state index in [2.05, 4.69) is 61.8 Å². The third-order valence-electron chi connectivity index (χ3n) is 15.9. The quantitative estimate of drug-likeness (QED) is 0.0928. The molecule has 568 valence electrons. The van der Waals surface area contributed by atoms with Crippen molar-refractivity contribution in [1.82, 2.24) is 39.0 Å². The number of amides is 4. The van der Waals surface area contributed by atoms with Gasteiger partial charge in [-0.3, -0.25) is 14.2 Å². The first-order valence-electron chi connectivity index (χ1n) is 33.5. The molecule has 1 N–H and O–H groups in total. The van der Waals surface area contributed by atoms with Crippen LogP contribution >= 0.6 is 31.9 Å². The average Bonchev–Trinajstić information content (AvgIpc) is 1.59. The van der Waals surface area contributed by atoms with Crippen LogP contribution in [0.2, 0.25) is 0 Å². The van der Waals surface area contributed by atoms with Gasteiger partial charge in [-0.2, -0.15) is 18.2 Å². The number of benzene rings is 3. The van der Waals surface area contributed by atoms with Gasteiger partial charge in [0.05, 0.1) is 33.3 Å². The van der Waals surface area contributed by atoms with Crippen molar-refractivity contribution in [2.45, 2.75) is 213 Å². The molecule has 4 aliphatic rings. The fourth-order valence-electron chi connectivity index (χ4n) is 11.8. The highest BCUT2D eigenvalue weighted by atomic mass is 79.9. The van der Waals surface area contributed by atoms with Crippen LogP contribution in [0.25, 0.3) is 43.9 Å². The summed E-state index contributed by atoms with van der Waals surface area (Å²) in [6.07, 6.45) is 0.284. The van der Waals surface area contributed by atoms with Gasteiger partial charge in [0.2, 0.25) is 0 Å². The Morgan fingerprint density at radius 2 is 0.925 bits per heavy atom. The fraction of sp³-hybridized carbons (Fsp3) is 0.459. The van der Waals surface area contributed by atoms with Crippen molar-refractivity contribution >= 4 is 122 Å². The smallest absolute Gasteiger partial charge is 0.425 e. The van der Waals surface area contributed by atoms with E-state index < -0.39 is 118 Å². The van der Waals surface area contributed by atoms with Crippen molar-refractivity contribution in [2.75, 3.05) is 23.0 Å². The highest BCUT2D eigenvalue weighted by Crippen LogP contribution is 2.47. The molecular formula is C74H88Br2N10O19S. The third-order valence-corrected chi connectivity index (χ3v) is 18.0. The van der Waals surface area contributed by atoms with Crippen molar-refractivity contribution in [3.8, 4) is 11.5 Å². The number of nitrogens with zero attached hydrogens (tertiary/aromatic N) is 10. The minimum absolute atomic E-state index is 0. The van der Waals surface area contributed by atoms with Crippen LogP contribution in [0.3, 0.4) is 0 Å². The molecule has 10 heterocycles. The number of halogens is 2. The van der Waals surface area contributed by atoms with E-state index in [4.69, 9.17) is 61.4 Å². The maximum Gasteiger partial charge on any atom is 0.425 e. The fourth-order valence-corrected chi connectivity index (χ4v) is 13.4. The molecule has 4 aliphatic heterocycles. The number of fused-ring (bicyclic) bond motifs is 6. The Hall–Kier alpha value is -8.57. The standard InChI is InChI=1S/C33H38BrN5O8.C31H40N4O10S.C9H6BrNO.CH4/c1-31(2,3)46-29(40)39(30(41)47-32(4,5)6)27-21-11-12-38(26(21)36-17-37-27)28-25-24(44-33(7,8)45-25)23(43-28)16-42-20-10-9-18-13-19(34)15-35-22(18)14-20;1-18-10-12-19(13-11-18)46(38,39)40-16-21-22-23(43-31(8,9)42-22)26(41-21)34-15-14-20-24(34)32-17-33-25(20)35(27(36)44-29(2,3)4)28(37)45-30(5,6)7;10-7-3-6-1-2-8(12)4-9(6)11-5-7;/h9-15,17,23-25,28H,16H2,1-8H3;10-15,17,21-23,26H,16H2,1-9H3;1-5,12H;1H4/t23-,24-,25-,28-;21-,22-,23-,26-;;/m11../s1. The van der Waals surface area contributed by atoms with Gasteiger partial charge in [-0.1, -0.05) is 25.1 Å². The summed E-state index contributed by atoms with van der Waals surface area (Å²) in [5, 5.41) is 11.9. The number of aromatic nitrogens is 8. The van der Waals surface area contributed by atoms with Crippen LogP contribution in [0.15, 0.2) is 136 Å². The van der Waals surface area contributed by atoms with Gasteiger partial charge in [-0.15, -0.1) is 0 Å². The third kappa shape index (κ3) is 18.9. The number of aryl methyl sites for hydroxylation is 1. The Morgan fingerprint density at radius 3 is 1.35 bits per heavy atom. The lowest BCUT2D eigenvalue weighted by atomic mass is 10.1. The molecule has 9 aromatic rings. The van der Waals surface area contributed by atoms with Gasteiger partial charge in [0.15, 0.2) is 35.7 Å². The number of rotatable bonds is 11. The monoisotopic (exact) mass is 1610 g/mol. The SMILES string of the molecule is C.CC(C)(C)OC(=O)N(C(=O)OC(C)(C)C)c1ncnc2c1ccn2[C@@H]1O[C@H](COc2ccc3cc(Br)cnc3c2)[C@H]2OC(C)(C)O[C@H]21.Cc1ccc(S(=O)(=O)OC[C@H]2O[C@@H](n3ccc4c(N(C(=O)OC(C)(C)C)C(=O)OC(C)(C)C)ncnc43)[C@@H]3OC(C)(C)O[C@@H]32)cc1.Oc1ccc2cc(Br)cnc2c1.